The number of nitrogens with zero attached hydrogens (tertiary/aromatic N) is 2. The first-order chi connectivity index (χ1) is 18.2. The number of ether oxygens (including phenoxy) is 2. The number of hydrogen-bond donors (Lipinski definition) is 0. The molecule has 2 saturated heterocycles. The zero-order valence-electron chi connectivity index (χ0n) is 21.5. The predicted octanol–water partition coefficient (Wildman–Crippen LogP) is 6.63. The molecule has 3 aliphatic heterocycles. The molecule has 37 heavy (non-hydrogen) atoms. The fourth-order valence-corrected chi connectivity index (χ4v) is 5.75. The van der Waals surface area contributed by atoms with Crippen LogP contribution in [0.1, 0.15) is 65.8 Å². The molecule has 190 valence electrons. The summed E-state index contributed by atoms with van der Waals surface area (Å²) < 4.78 is 11.6. The van der Waals surface area contributed by atoms with E-state index in [1.807, 2.05) is 25.1 Å². The van der Waals surface area contributed by atoms with E-state index in [0.717, 1.165) is 54.2 Å². The highest BCUT2D eigenvalue weighted by molar-refractivity contribution is 5.95. The van der Waals surface area contributed by atoms with Crippen LogP contribution < -0.4 is 14.5 Å². The van der Waals surface area contributed by atoms with Crippen molar-refractivity contribution in [2.45, 2.75) is 38.7 Å². The van der Waals surface area contributed by atoms with Crippen molar-refractivity contribution in [3.05, 3.63) is 95.1 Å². The van der Waals surface area contributed by atoms with E-state index in [1.165, 1.54) is 37.1 Å². The average molecular weight is 495 g/mol. The fourth-order valence-electron chi connectivity index (χ4n) is 5.75. The molecular formula is C32H34N2O3. The molecule has 1 unspecified atom stereocenters. The predicted molar refractivity (Wildman–Crippen MR) is 149 cm³/mol. The Balaban J connectivity index is 1.38. The van der Waals surface area contributed by atoms with Crippen molar-refractivity contribution >= 4 is 22.9 Å². The smallest absolute Gasteiger partial charge is 0.339 e. The topological polar surface area (TPSA) is 42.0 Å². The summed E-state index contributed by atoms with van der Waals surface area (Å²) in [7, 11) is 0. The van der Waals surface area contributed by atoms with Gasteiger partial charge in [-0.3, -0.25) is 0 Å². The lowest BCUT2D eigenvalue weighted by molar-refractivity contribution is 0.0468. The second kappa shape index (κ2) is 10.3. The molecule has 3 heterocycles. The lowest BCUT2D eigenvalue weighted by Crippen LogP contribution is -2.17. The van der Waals surface area contributed by atoms with Gasteiger partial charge in [-0.15, -0.1) is 0 Å². The number of hydrogen-bond acceptors (Lipinski definition) is 5. The molecule has 0 aliphatic carbocycles. The molecule has 3 aliphatic rings. The Morgan fingerprint density at radius 3 is 1.89 bits per heavy atom. The Hall–Kier alpha value is -3.73. The summed E-state index contributed by atoms with van der Waals surface area (Å²) >= 11 is 0. The molecule has 2 fully saturated rings. The van der Waals surface area contributed by atoms with Gasteiger partial charge in [0.15, 0.2) is 0 Å². The van der Waals surface area contributed by atoms with Gasteiger partial charge in [0.25, 0.3) is 0 Å². The van der Waals surface area contributed by atoms with Gasteiger partial charge in [-0.05, 0) is 97.8 Å². The zero-order valence-corrected chi connectivity index (χ0v) is 21.5. The summed E-state index contributed by atoms with van der Waals surface area (Å²) in [5.74, 6) is 0.469. The summed E-state index contributed by atoms with van der Waals surface area (Å²) in [5, 5.41) is 0. The van der Waals surface area contributed by atoms with Crippen LogP contribution in [-0.4, -0.2) is 38.8 Å². The van der Waals surface area contributed by atoms with Gasteiger partial charge in [0.05, 0.1) is 12.2 Å². The number of anilines is 2. The average Bonchev–Trinajstić information content (AvgIpc) is 3.71. The highest BCUT2D eigenvalue weighted by Gasteiger charge is 2.31. The first-order valence-corrected chi connectivity index (χ1v) is 13.6. The molecule has 5 heteroatoms. The van der Waals surface area contributed by atoms with Gasteiger partial charge in [-0.25, -0.2) is 4.79 Å². The van der Waals surface area contributed by atoms with Gasteiger partial charge in [0.2, 0.25) is 0 Å². The molecule has 0 amide bonds. The van der Waals surface area contributed by atoms with Crippen molar-refractivity contribution in [1.82, 2.24) is 0 Å². The molecule has 5 nitrogen and oxygen atoms in total. The quantitative estimate of drug-likeness (QED) is 0.345. The first-order valence-electron chi connectivity index (χ1n) is 13.6. The second-order valence-electron chi connectivity index (χ2n) is 10.1. The van der Waals surface area contributed by atoms with Crippen LogP contribution >= 0.6 is 0 Å². The van der Waals surface area contributed by atoms with E-state index in [0.29, 0.717) is 12.2 Å². The molecule has 0 aromatic heterocycles. The number of rotatable bonds is 7. The minimum atomic E-state index is -0.463. The van der Waals surface area contributed by atoms with E-state index in [1.54, 1.807) is 0 Å². The number of cyclic esters (lactones) is 1. The van der Waals surface area contributed by atoms with Crippen LogP contribution in [-0.2, 0) is 4.74 Å². The molecule has 6 rings (SSSR count). The van der Waals surface area contributed by atoms with Crippen molar-refractivity contribution in [2.24, 2.45) is 0 Å². The molecule has 0 saturated carbocycles. The standard InChI is InChI=1S/C32H34N2O3/c1-2-36-27-15-16-28-30(21-27)31(37-32(28)35)22-29(23-7-11-25(12-8-23)33-17-3-4-18-33)24-9-13-26(14-10-24)34-19-5-6-20-34/h7-16,21-22,31H,2-6,17-20H2,1H3. The summed E-state index contributed by atoms with van der Waals surface area (Å²) in [6, 6.07) is 23.2. The van der Waals surface area contributed by atoms with Gasteiger partial charge in [0.1, 0.15) is 11.9 Å². The van der Waals surface area contributed by atoms with Crippen LogP contribution in [0.2, 0.25) is 0 Å². The summed E-state index contributed by atoms with van der Waals surface area (Å²) in [5.41, 5.74) is 7.29. The molecular weight excluding hydrogens is 460 g/mol. The second-order valence-corrected chi connectivity index (χ2v) is 10.1. The largest absolute Gasteiger partial charge is 0.494 e. The van der Waals surface area contributed by atoms with E-state index in [4.69, 9.17) is 9.47 Å². The summed E-state index contributed by atoms with van der Waals surface area (Å²) in [6.45, 7) is 7.02. The van der Waals surface area contributed by atoms with Gasteiger partial charge < -0.3 is 19.3 Å². The maximum absolute atomic E-state index is 12.7. The van der Waals surface area contributed by atoms with Crippen LogP contribution in [0, 0.1) is 0 Å². The summed E-state index contributed by atoms with van der Waals surface area (Å²) in [6.07, 6.45) is 6.65. The van der Waals surface area contributed by atoms with Crippen molar-refractivity contribution in [2.75, 3.05) is 42.6 Å². The Bertz CT molecular complexity index is 1220. The fraction of sp³-hybridized carbons (Fsp3) is 0.344. The number of esters is 1. The van der Waals surface area contributed by atoms with Crippen molar-refractivity contribution in [3.63, 3.8) is 0 Å². The zero-order chi connectivity index (χ0) is 25.2. The minimum Gasteiger partial charge on any atom is -0.494 e. The maximum Gasteiger partial charge on any atom is 0.339 e. The lowest BCUT2D eigenvalue weighted by Gasteiger charge is -2.20. The Morgan fingerprint density at radius 2 is 1.38 bits per heavy atom. The molecule has 3 aromatic carbocycles. The first kappa shape index (κ1) is 23.7. The van der Waals surface area contributed by atoms with E-state index in [2.05, 4.69) is 64.4 Å². The van der Waals surface area contributed by atoms with E-state index in [-0.39, 0.29) is 5.97 Å². The Labute approximate surface area is 219 Å². The van der Waals surface area contributed by atoms with E-state index < -0.39 is 6.10 Å². The Morgan fingerprint density at radius 1 is 0.838 bits per heavy atom. The monoisotopic (exact) mass is 494 g/mol. The van der Waals surface area contributed by atoms with E-state index in [9.17, 15) is 4.79 Å². The highest BCUT2D eigenvalue weighted by Crippen LogP contribution is 2.38. The number of carbonyl (C=O) groups excluding carboxylic acids is 1. The SMILES string of the molecule is CCOc1ccc2c(c1)C(C=C(c1ccc(N3CCCC3)cc1)c1ccc(N3CCCC3)cc1)OC2=O. The molecule has 3 aromatic rings. The number of fused-ring (bicyclic) bond motifs is 1. The normalized spacial score (nSPS) is 18.6. The van der Waals surface area contributed by atoms with Gasteiger partial charge in [-0.1, -0.05) is 24.3 Å². The molecule has 0 bridgehead atoms. The number of carbonyl (C=O) groups is 1. The van der Waals surface area contributed by atoms with Crippen LogP contribution in [0.5, 0.6) is 5.75 Å². The van der Waals surface area contributed by atoms with Crippen LogP contribution in [0.4, 0.5) is 11.4 Å². The van der Waals surface area contributed by atoms with Crippen molar-refractivity contribution in [1.29, 1.82) is 0 Å². The van der Waals surface area contributed by atoms with Gasteiger partial charge in [-0.2, -0.15) is 0 Å². The third kappa shape index (κ3) is 4.83. The number of benzene rings is 3. The van der Waals surface area contributed by atoms with Crippen LogP contribution in [0.15, 0.2) is 72.8 Å². The van der Waals surface area contributed by atoms with Crippen LogP contribution in [0.25, 0.3) is 5.57 Å². The van der Waals surface area contributed by atoms with Crippen LogP contribution in [0.3, 0.4) is 0 Å². The molecule has 0 radical (unpaired) electrons. The molecule has 0 spiro atoms. The molecule has 0 N–H and O–H groups in total. The highest BCUT2D eigenvalue weighted by atomic mass is 16.5. The maximum atomic E-state index is 12.7. The van der Waals surface area contributed by atoms with Crippen molar-refractivity contribution < 1.29 is 14.3 Å². The van der Waals surface area contributed by atoms with Crippen molar-refractivity contribution in [3.8, 4) is 5.75 Å². The molecule has 1 atom stereocenters. The van der Waals surface area contributed by atoms with Gasteiger partial charge in [0, 0.05) is 43.1 Å². The lowest BCUT2D eigenvalue weighted by atomic mass is 9.93. The third-order valence-corrected chi connectivity index (χ3v) is 7.71. The third-order valence-electron chi connectivity index (χ3n) is 7.71. The Kier molecular flexibility index (Phi) is 6.60. The van der Waals surface area contributed by atoms with E-state index >= 15 is 0 Å². The summed E-state index contributed by atoms with van der Waals surface area (Å²) in [4.78, 5) is 17.6. The van der Waals surface area contributed by atoms with Gasteiger partial charge >= 0.3 is 5.97 Å². The minimum absolute atomic E-state index is 0.285.